The molecule has 0 heterocycles. The van der Waals surface area contributed by atoms with Crippen molar-refractivity contribution >= 4 is 23.2 Å². The average Bonchev–Trinajstić information content (AvgIpc) is 2.54. The van der Waals surface area contributed by atoms with Crippen LogP contribution in [0.3, 0.4) is 0 Å². The molecule has 0 atom stereocenters. The van der Waals surface area contributed by atoms with E-state index in [-0.39, 0.29) is 11.2 Å². The largest absolute Gasteiger partial charge is 0.370 e. The zero-order chi connectivity index (χ0) is 17.6. The van der Waals surface area contributed by atoms with Crippen LogP contribution in [0.2, 0.25) is 5.02 Å². The maximum absolute atomic E-state index is 13.0. The van der Waals surface area contributed by atoms with Crippen LogP contribution in [-0.4, -0.2) is 12.5 Å². The number of anilines is 1. The molecule has 128 valence electrons. The van der Waals surface area contributed by atoms with Crippen molar-refractivity contribution in [1.82, 2.24) is 0 Å². The van der Waals surface area contributed by atoms with E-state index in [1.807, 2.05) is 24.3 Å². The van der Waals surface area contributed by atoms with Gasteiger partial charge in [-0.25, -0.2) is 4.39 Å². The van der Waals surface area contributed by atoms with E-state index in [1.54, 1.807) is 12.1 Å². The van der Waals surface area contributed by atoms with Crippen LogP contribution in [0.1, 0.15) is 32.3 Å². The number of guanidine groups is 1. The normalized spacial score (nSPS) is 12.2. The summed E-state index contributed by atoms with van der Waals surface area (Å²) in [7, 11) is 0. The summed E-state index contributed by atoms with van der Waals surface area (Å²) in [6, 6.07) is 14.0. The van der Waals surface area contributed by atoms with Gasteiger partial charge in [0, 0.05) is 17.3 Å². The van der Waals surface area contributed by atoms with Crippen LogP contribution in [0.15, 0.2) is 53.5 Å². The number of rotatable bonds is 6. The Hall–Kier alpha value is -2.07. The van der Waals surface area contributed by atoms with Crippen molar-refractivity contribution in [2.75, 3.05) is 11.9 Å². The van der Waals surface area contributed by atoms with Gasteiger partial charge in [0.25, 0.3) is 0 Å². The Labute approximate surface area is 147 Å². The van der Waals surface area contributed by atoms with Gasteiger partial charge in [-0.2, -0.15) is 0 Å². The number of hydrogen-bond donors (Lipinski definition) is 2. The Kier molecular flexibility index (Phi) is 6.21. The molecule has 2 aromatic carbocycles. The van der Waals surface area contributed by atoms with Crippen LogP contribution >= 0.6 is 11.6 Å². The van der Waals surface area contributed by atoms with Crippen molar-refractivity contribution < 1.29 is 4.39 Å². The molecule has 3 N–H and O–H groups in total. The van der Waals surface area contributed by atoms with Crippen molar-refractivity contribution in [3.8, 4) is 0 Å². The Morgan fingerprint density at radius 2 is 1.75 bits per heavy atom. The van der Waals surface area contributed by atoms with Gasteiger partial charge in [-0.15, -0.1) is 0 Å². The van der Waals surface area contributed by atoms with Crippen molar-refractivity contribution in [2.24, 2.45) is 10.7 Å². The van der Waals surface area contributed by atoms with Gasteiger partial charge in [-0.1, -0.05) is 37.6 Å². The van der Waals surface area contributed by atoms with Gasteiger partial charge in [-0.05, 0) is 60.2 Å². The highest BCUT2D eigenvalue weighted by Crippen LogP contribution is 2.28. The zero-order valence-corrected chi connectivity index (χ0v) is 14.8. The first-order valence-corrected chi connectivity index (χ1v) is 8.33. The monoisotopic (exact) mass is 347 g/mol. The fourth-order valence-corrected chi connectivity index (χ4v) is 2.61. The van der Waals surface area contributed by atoms with Crippen LogP contribution in [0.25, 0.3) is 0 Å². The molecule has 0 aliphatic heterocycles. The maximum Gasteiger partial charge on any atom is 0.193 e. The molecular formula is C19H23ClFN3. The molecule has 2 aromatic rings. The lowest BCUT2D eigenvalue weighted by atomic mass is 9.80. The molecule has 0 amide bonds. The lowest BCUT2D eigenvalue weighted by Crippen LogP contribution is -2.23. The Morgan fingerprint density at radius 1 is 1.12 bits per heavy atom. The molecule has 0 fully saturated rings. The molecule has 0 radical (unpaired) electrons. The third-order valence-corrected chi connectivity index (χ3v) is 4.24. The highest BCUT2D eigenvalue weighted by atomic mass is 35.5. The summed E-state index contributed by atoms with van der Waals surface area (Å²) >= 11 is 5.84. The molecule has 0 aliphatic carbocycles. The summed E-state index contributed by atoms with van der Waals surface area (Å²) in [6.45, 7) is 4.94. The summed E-state index contributed by atoms with van der Waals surface area (Å²) in [5.74, 6) is 0.178. The van der Waals surface area contributed by atoms with E-state index in [1.165, 1.54) is 12.1 Å². The SMILES string of the molecule is CC(C)(CCCN=C(N)Nc1ccc(Cl)cc1)c1ccc(F)cc1. The number of nitrogens with one attached hydrogen (secondary N) is 1. The van der Waals surface area contributed by atoms with E-state index in [0.29, 0.717) is 17.5 Å². The van der Waals surface area contributed by atoms with Gasteiger partial charge >= 0.3 is 0 Å². The highest BCUT2D eigenvalue weighted by Gasteiger charge is 2.19. The van der Waals surface area contributed by atoms with E-state index in [0.717, 1.165) is 24.1 Å². The van der Waals surface area contributed by atoms with Gasteiger partial charge in [0.15, 0.2) is 5.96 Å². The molecular weight excluding hydrogens is 325 g/mol. The van der Waals surface area contributed by atoms with Gasteiger partial charge in [0.05, 0.1) is 0 Å². The Balaban J connectivity index is 1.82. The van der Waals surface area contributed by atoms with Crippen LogP contribution in [0.4, 0.5) is 10.1 Å². The third kappa shape index (κ3) is 5.53. The number of halogens is 2. The number of hydrogen-bond acceptors (Lipinski definition) is 1. The van der Waals surface area contributed by atoms with E-state index < -0.39 is 0 Å². The van der Waals surface area contributed by atoms with E-state index >= 15 is 0 Å². The summed E-state index contributed by atoms with van der Waals surface area (Å²) < 4.78 is 13.0. The summed E-state index contributed by atoms with van der Waals surface area (Å²) in [4.78, 5) is 4.34. The van der Waals surface area contributed by atoms with Gasteiger partial charge in [0.2, 0.25) is 0 Å². The predicted octanol–water partition coefficient (Wildman–Crippen LogP) is 4.96. The van der Waals surface area contributed by atoms with E-state index in [9.17, 15) is 4.39 Å². The van der Waals surface area contributed by atoms with Crippen LogP contribution < -0.4 is 11.1 Å². The van der Waals surface area contributed by atoms with Crippen molar-refractivity contribution in [2.45, 2.75) is 32.1 Å². The first-order chi connectivity index (χ1) is 11.4. The minimum absolute atomic E-state index is 0.0262. The quantitative estimate of drug-likeness (QED) is 0.440. The molecule has 0 aromatic heterocycles. The molecule has 0 spiro atoms. The predicted molar refractivity (Wildman–Crippen MR) is 100 cm³/mol. The Morgan fingerprint density at radius 3 is 2.38 bits per heavy atom. The molecule has 24 heavy (non-hydrogen) atoms. The maximum atomic E-state index is 13.0. The van der Waals surface area contributed by atoms with Crippen LogP contribution in [-0.2, 0) is 5.41 Å². The van der Waals surface area contributed by atoms with Crippen LogP contribution in [0, 0.1) is 5.82 Å². The molecule has 0 unspecified atom stereocenters. The van der Waals surface area contributed by atoms with Gasteiger partial charge in [-0.3, -0.25) is 4.99 Å². The van der Waals surface area contributed by atoms with Gasteiger partial charge in [0.1, 0.15) is 5.82 Å². The lowest BCUT2D eigenvalue weighted by molar-refractivity contribution is 0.464. The number of aliphatic imine (C=N–C) groups is 1. The first kappa shape index (κ1) is 18.3. The Bertz CT molecular complexity index is 679. The minimum Gasteiger partial charge on any atom is -0.370 e. The second-order valence-electron chi connectivity index (χ2n) is 6.39. The molecule has 5 heteroatoms. The van der Waals surface area contributed by atoms with Crippen molar-refractivity contribution in [3.63, 3.8) is 0 Å². The number of nitrogens with zero attached hydrogens (tertiary/aromatic N) is 1. The van der Waals surface area contributed by atoms with Gasteiger partial charge < -0.3 is 11.1 Å². The fourth-order valence-electron chi connectivity index (χ4n) is 2.49. The average molecular weight is 348 g/mol. The van der Waals surface area contributed by atoms with E-state index in [4.69, 9.17) is 17.3 Å². The summed E-state index contributed by atoms with van der Waals surface area (Å²) in [6.07, 6.45) is 1.84. The zero-order valence-electron chi connectivity index (χ0n) is 14.0. The molecule has 0 saturated carbocycles. The molecule has 0 saturated heterocycles. The van der Waals surface area contributed by atoms with Crippen LogP contribution in [0.5, 0.6) is 0 Å². The minimum atomic E-state index is -0.208. The second-order valence-corrected chi connectivity index (χ2v) is 6.83. The molecule has 3 nitrogen and oxygen atoms in total. The standard InChI is InChI=1S/C19H23ClFN3/c1-19(2,14-4-8-16(21)9-5-14)12-3-13-23-18(22)24-17-10-6-15(20)7-11-17/h4-11H,3,12-13H2,1-2H3,(H3,22,23,24). The number of benzene rings is 2. The molecule has 2 rings (SSSR count). The number of nitrogens with two attached hydrogens (primary N) is 1. The van der Waals surface area contributed by atoms with Crippen molar-refractivity contribution in [3.05, 3.63) is 64.9 Å². The summed E-state index contributed by atoms with van der Waals surface area (Å²) in [5, 5.41) is 3.71. The lowest BCUT2D eigenvalue weighted by Gasteiger charge is -2.25. The smallest absolute Gasteiger partial charge is 0.193 e. The van der Waals surface area contributed by atoms with Crippen molar-refractivity contribution in [1.29, 1.82) is 0 Å². The fraction of sp³-hybridized carbons (Fsp3) is 0.316. The topological polar surface area (TPSA) is 50.4 Å². The summed E-state index contributed by atoms with van der Waals surface area (Å²) in [5.41, 5.74) is 7.84. The van der Waals surface area contributed by atoms with E-state index in [2.05, 4.69) is 24.2 Å². The highest BCUT2D eigenvalue weighted by molar-refractivity contribution is 6.30. The molecule has 0 bridgehead atoms. The first-order valence-electron chi connectivity index (χ1n) is 7.95. The second kappa shape index (κ2) is 8.15. The third-order valence-electron chi connectivity index (χ3n) is 3.98. The molecule has 0 aliphatic rings.